The number of piperidine rings is 1. The van der Waals surface area contributed by atoms with Crippen LogP contribution < -0.4 is 14.4 Å². The SMILES string of the molecule is COc1cccc(OC)c1-c1cnc(N(C)C)nc1[C@H]1CCCCN1C(=O)c1cccnc1. The van der Waals surface area contributed by atoms with Gasteiger partial charge in [-0.1, -0.05) is 6.07 Å². The van der Waals surface area contributed by atoms with Crippen molar-refractivity contribution in [1.82, 2.24) is 19.9 Å². The minimum atomic E-state index is -0.210. The molecule has 0 saturated carbocycles. The van der Waals surface area contributed by atoms with Gasteiger partial charge in [-0.25, -0.2) is 9.97 Å². The molecule has 33 heavy (non-hydrogen) atoms. The lowest BCUT2D eigenvalue weighted by Crippen LogP contribution is -2.39. The lowest BCUT2D eigenvalue weighted by molar-refractivity contribution is 0.0606. The number of rotatable bonds is 6. The van der Waals surface area contributed by atoms with Crippen molar-refractivity contribution in [2.45, 2.75) is 25.3 Å². The number of carbonyl (C=O) groups excluding carboxylic acids is 1. The van der Waals surface area contributed by atoms with E-state index in [2.05, 4.69) is 9.97 Å². The minimum absolute atomic E-state index is 0.0456. The van der Waals surface area contributed by atoms with Crippen molar-refractivity contribution >= 4 is 11.9 Å². The molecule has 1 aliphatic heterocycles. The Hall–Kier alpha value is -3.68. The van der Waals surface area contributed by atoms with Crippen molar-refractivity contribution in [2.24, 2.45) is 0 Å². The molecule has 0 N–H and O–H groups in total. The van der Waals surface area contributed by atoms with Crippen LogP contribution in [0.2, 0.25) is 0 Å². The second-order valence-electron chi connectivity index (χ2n) is 8.15. The number of hydrogen-bond acceptors (Lipinski definition) is 7. The molecule has 1 aliphatic rings. The van der Waals surface area contributed by atoms with Crippen LogP contribution in [0, 0.1) is 0 Å². The van der Waals surface area contributed by atoms with Crippen LogP contribution in [-0.2, 0) is 0 Å². The van der Waals surface area contributed by atoms with E-state index < -0.39 is 0 Å². The standard InChI is InChI=1S/C25H29N5O3/c1-29(2)25-27-16-18(22-20(32-3)11-7-12-21(22)33-4)23(28-25)19-10-5-6-14-30(19)24(31)17-9-8-13-26-15-17/h7-9,11-13,15-16,19H,5-6,10,14H2,1-4H3/t19-/m1/s1. The second kappa shape index (κ2) is 9.85. The van der Waals surface area contributed by atoms with Crippen molar-refractivity contribution < 1.29 is 14.3 Å². The lowest BCUT2D eigenvalue weighted by Gasteiger charge is -2.36. The van der Waals surface area contributed by atoms with Gasteiger partial charge >= 0.3 is 0 Å². The number of methoxy groups -OCH3 is 2. The van der Waals surface area contributed by atoms with Crippen molar-refractivity contribution in [3.05, 3.63) is 60.2 Å². The molecular weight excluding hydrogens is 418 g/mol. The van der Waals surface area contributed by atoms with Crippen molar-refractivity contribution in [1.29, 1.82) is 0 Å². The number of amides is 1. The molecule has 0 unspecified atom stereocenters. The Bertz CT molecular complexity index is 1100. The maximum Gasteiger partial charge on any atom is 0.255 e. The van der Waals surface area contributed by atoms with Gasteiger partial charge in [0, 0.05) is 44.8 Å². The average Bonchev–Trinajstić information content (AvgIpc) is 2.87. The van der Waals surface area contributed by atoms with Crippen molar-refractivity contribution in [2.75, 3.05) is 39.8 Å². The Balaban J connectivity index is 1.89. The van der Waals surface area contributed by atoms with Gasteiger partial charge in [-0.05, 0) is 43.5 Å². The zero-order valence-corrected chi connectivity index (χ0v) is 19.5. The monoisotopic (exact) mass is 447 g/mol. The van der Waals surface area contributed by atoms with E-state index in [0.29, 0.717) is 29.6 Å². The van der Waals surface area contributed by atoms with E-state index in [0.717, 1.165) is 36.1 Å². The first-order chi connectivity index (χ1) is 16.0. The quantitative estimate of drug-likeness (QED) is 0.565. The highest BCUT2D eigenvalue weighted by Crippen LogP contribution is 2.43. The number of nitrogens with zero attached hydrogens (tertiary/aromatic N) is 5. The van der Waals surface area contributed by atoms with Crippen molar-refractivity contribution in [3.63, 3.8) is 0 Å². The van der Waals surface area contributed by atoms with Crippen LogP contribution in [0.3, 0.4) is 0 Å². The van der Waals surface area contributed by atoms with E-state index in [1.807, 2.05) is 42.1 Å². The predicted octanol–water partition coefficient (Wildman–Crippen LogP) is 3.99. The van der Waals surface area contributed by atoms with E-state index in [1.165, 1.54) is 0 Å². The highest BCUT2D eigenvalue weighted by molar-refractivity contribution is 5.94. The van der Waals surface area contributed by atoms with Crippen LogP contribution in [0.25, 0.3) is 11.1 Å². The zero-order valence-electron chi connectivity index (χ0n) is 19.5. The number of hydrogen-bond donors (Lipinski definition) is 0. The topological polar surface area (TPSA) is 80.7 Å². The maximum atomic E-state index is 13.5. The normalized spacial score (nSPS) is 15.8. The van der Waals surface area contributed by atoms with Gasteiger partial charge in [0.15, 0.2) is 0 Å². The van der Waals surface area contributed by atoms with Gasteiger partial charge in [0.2, 0.25) is 5.95 Å². The van der Waals surface area contributed by atoms with Crippen LogP contribution in [-0.4, -0.2) is 60.6 Å². The number of aromatic nitrogens is 3. The van der Waals surface area contributed by atoms with Crippen molar-refractivity contribution in [3.8, 4) is 22.6 Å². The molecule has 3 aromatic rings. The molecule has 1 amide bonds. The molecule has 0 spiro atoms. The van der Waals surface area contributed by atoms with E-state index in [1.54, 1.807) is 44.9 Å². The number of likely N-dealkylation sites (tertiary alicyclic amines) is 1. The molecule has 8 nitrogen and oxygen atoms in total. The Morgan fingerprint density at radius 3 is 2.45 bits per heavy atom. The first-order valence-electron chi connectivity index (χ1n) is 11.0. The molecule has 0 aliphatic carbocycles. The Morgan fingerprint density at radius 2 is 1.82 bits per heavy atom. The Kier molecular flexibility index (Phi) is 6.72. The molecule has 4 rings (SSSR count). The molecule has 1 fully saturated rings. The van der Waals surface area contributed by atoms with E-state index in [9.17, 15) is 4.79 Å². The summed E-state index contributed by atoms with van der Waals surface area (Å²) in [5.41, 5.74) is 2.93. The first kappa shape index (κ1) is 22.5. The fraction of sp³-hybridized carbons (Fsp3) is 0.360. The molecule has 1 saturated heterocycles. The van der Waals surface area contributed by atoms with Crippen LogP contribution in [0.5, 0.6) is 11.5 Å². The molecule has 0 bridgehead atoms. The Labute approximate surface area is 194 Å². The maximum absolute atomic E-state index is 13.5. The second-order valence-corrected chi connectivity index (χ2v) is 8.15. The number of benzene rings is 1. The van der Waals surface area contributed by atoms with Gasteiger partial charge < -0.3 is 19.3 Å². The smallest absolute Gasteiger partial charge is 0.255 e. The molecule has 1 aromatic carbocycles. The third-order valence-corrected chi connectivity index (χ3v) is 5.89. The molecule has 0 radical (unpaired) electrons. The van der Waals surface area contributed by atoms with E-state index >= 15 is 0 Å². The van der Waals surface area contributed by atoms with Gasteiger partial charge in [-0.3, -0.25) is 9.78 Å². The zero-order chi connectivity index (χ0) is 23.4. The van der Waals surface area contributed by atoms with Gasteiger partial charge in [-0.15, -0.1) is 0 Å². The van der Waals surface area contributed by atoms with Gasteiger partial charge in [0.05, 0.1) is 37.1 Å². The molecular formula is C25H29N5O3. The largest absolute Gasteiger partial charge is 0.496 e. The summed E-state index contributed by atoms with van der Waals surface area (Å²) in [7, 11) is 7.07. The summed E-state index contributed by atoms with van der Waals surface area (Å²) >= 11 is 0. The molecule has 3 heterocycles. The summed E-state index contributed by atoms with van der Waals surface area (Å²) in [4.78, 5) is 30.9. The van der Waals surface area contributed by atoms with Gasteiger partial charge in [0.25, 0.3) is 5.91 Å². The predicted molar refractivity (Wildman–Crippen MR) is 127 cm³/mol. The van der Waals surface area contributed by atoms with Gasteiger partial charge in [-0.2, -0.15) is 0 Å². The average molecular weight is 448 g/mol. The third-order valence-electron chi connectivity index (χ3n) is 5.89. The summed E-state index contributed by atoms with van der Waals surface area (Å²) in [5, 5.41) is 0. The summed E-state index contributed by atoms with van der Waals surface area (Å²) in [6, 6.07) is 9.04. The van der Waals surface area contributed by atoms with Crippen LogP contribution in [0.15, 0.2) is 48.9 Å². The molecule has 8 heteroatoms. The van der Waals surface area contributed by atoms with E-state index in [-0.39, 0.29) is 11.9 Å². The highest BCUT2D eigenvalue weighted by Gasteiger charge is 2.33. The summed E-state index contributed by atoms with van der Waals surface area (Å²) in [6.45, 7) is 0.655. The highest BCUT2D eigenvalue weighted by atomic mass is 16.5. The number of pyridine rings is 1. The summed E-state index contributed by atoms with van der Waals surface area (Å²) in [5.74, 6) is 1.87. The fourth-order valence-electron chi connectivity index (χ4n) is 4.28. The Morgan fingerprint density at radius 1 is 1.06 bits per heavy atom. The van der Waals surface area contributed by atoms with Crippen LogP contribution >= 0.6 is 0 Å². The molecule has 172 valence electrons. The molecule has 1 atom stereocenters. The van der Waals surface area contributed by atoms with Crippen LogP contribution in [0.4, 0.5) is 5.95 Å². The summed E-state index contributed by atoms with van der Waals surface area (Å²) in [6.07, 6.45) is 7.85. The van der Waals surface area contributed by atoms with Crippen LogP contribution in [0.1, 0.15) is 41.4 Å². The first-order valence-corrected chi connectivity index (χ1v) is 11.0. The fourth-order valence-corrected chi connectivity index (χ4v) is 4.28. The summed E-state index contributed by atoms with van der Waals surface area (Å²) < 4.78 is 11.3. The van der Waals surface area contributed by atoms with Gasteiger partial charge in [0.1, 0.15) is 11.5 Å². The third kappa shape index (κ3) is 4.46. The molecule has 2 aromatic heterocycles. The number of carbonyl (C=O) groups is 1. The number of anilines is 1. The lowest BCUT2D eigenvalue weighted by atomic mass is 9.92. The van der Waals surface area contributed by atoms with E-state index in [4.69, 9.17) is 14.5 Å². The minimum Gasteiger partial charge on any atom is -0.496 e. The number of ether oxygens (including phenoxy) is 2.